The number of carbonyl (C=O) groups excluding carboxylic acids is 1. The van der Waals surface area contributed by atoms with Gasteiger partial charge < -0.3 is 9.64 Å². The van der Waals surface area contributed by atoms with Gasteiger partial charge in [-0.3, -0.25) is 9.69 Å². The lowest BCUT2D eigenvalue weighted by molar-refractivity contribution is -0.138. The van der Waals surface area contributed by atoms with Gasteiger partial charge in [0.2, 0.25) is 5.91 Å². The van der Waals surface area contributed by atoms with Gasteiger partial charge in [-0.1, -0.05) is 31.4 Å². The van der Waals surface area contributed by atoms with Crippen molar-refractivity contribution in [1.29, 1.82) is 0 Å². The molecule has 1 saturated carbocycles. The predicted octanol–water partition coefficient (Wildman–Crippen LogP) is 2.96. The summed E-state index contributed by atoms with van der Waals surface area (Å²) < 4.78 is 5.20. The highest BCUT2D eigenvalue weighted by Crippen LogP contribution is 2.25. The molecule has 2 aliphatic rings. The van der Waals surface area contributed by atoms with E-state index in [0.29, 0.717) is 11.8 Å². The number of piperazine rings is 1. The van der Waals surface area contributed by atoms with Gasteiger partial charge in [0.25, 0.3) is 0 Å². The summed E-state index contributed by atoms with van der Waals surface area (Å²) >= 11 is 0. The minimum absolute atomic E-state index is 0.310. The van der Waals surface area contributed by atoms with E-state index in [1.54, 1.807) is 7.11 Å². The number of carbonyl (C=O) groups is 1. The van der Waals surface area contributed by atoms with Crippen molar-refractivity contribution in [2.45, 2.75) is 38.5 Å². The van der Waals surface area contributed by atoms with Gasteiger partial charge in [-0.25, -0.2) is 0 Å². The second-order valence-corrected chi connectivity index (χ2v) is 7.10. The van der Waals surface area contributed by atoms with Crippen LogP contribution in [0.3, 0.4) is 0 Å². The van der Waals surface area contributed by atoms with Crippen LogP contribution in [0.4, 0.5) is 0 Å². The molecule has 0 unspecified atom stereocenters. The zero-order valence-electron chi connectivity index (χ0n) is 14.9. The Balaban J connectivity index is 1.40. The first-order chi connectivity index (χ1) is 11.8. The minimum atomic E-state index is 0.310. The van der Waals surface area contributed by atoms with Gasteiger partial charge in [-0.15, -0.1) is 0 Å². The third-order valence-corrected chi connectivity index (χ3v) is 5.51. The lowest BCUT2D eigenvalue weighted by atomic mass is 9.88. The maximum Gasteiger partial charge on any atom is 0.225 e. The van der Waals surface area contributed by atoms with Crippen LogP contribution >= 0.6 is 0 Å². The third-order valence-electron chi connectivity index (χ3n) is 5.51. The lowest BCUT2D eigenvalue weighted by Gasteiger charge is -2.37. The number of methoxy groups -OCH3 is 1. The molecule has 1 aliphatic carbocycles. The summed E-state index contributed by atoms with van der Waals surface area (Å²) in [6, 6.07) is 8.33. The highest BCUT2D eigenvalue weighted by atomic mass is 16.5. The van der Waals surface area contributed by atoms with E-state index in [-0.39, 0.29) is 0 Å². The third kappa shape index (κ3) is 4.50. The van der Waals surface area contributed by atoms with Crippen LogP contribution in [0.25, 0.3) is 0 Å². The summed E-state index contributed by atoms with van der Waals surface area (Å²) in [6.45, 7) is 4.89. The molecule has 0 bridgehead atoms. The van der Waals surface area contributed by atoms with E-state index < -0.39 is 0 Å². The standard InChI is InChI=1S/C20H30N2O2/c1-24-19-9-7-17(8-10-19)11-12-21-13-15-22(16-14-21)20(23)18-5-3-2-4-6-18/h7-10,18H,2-6,11-16H2,1H3. The van der Waals surface area contributed by atoms with Crippen LogP contribution in [0.2, 0.25) is 0 Å². The Morgan fingerprint density at radius 1 is 1.04 bits per heavy atom. The van der Waals surface area contributed by atoms with Gasteiger partial charge in [0, 0.05) is 38.6 Å². The monoisotopic (exact) mass is 330 g/mol. The number of hydrogen-bond donors (Lipinski definition) is 0. The Hall–Kier alpha value is -1.55. The van der Waals surface area contributed by atoms with Crippen LogP contribution in [-0.2, 0) is 11.2 Å². The van der Waals surface area contributed by atoms with Crippen LogP contribution in [-0.4, -0.2) is 55.5 Å². The van der Waals surface area contributed by atoms with Crippen LogP contribution in [0.1, 0.15) is 37.7 Å². The fourth-order valence-electron chi connectivity index (χ4n) is 3.88. The molecule has 0 aromatic heterocycles. The first-order valence-electron chi connectivity index (χ1n) is 9.40. The van der Waals surface area contributed by atoms with E-state index in [4.69, 9.17) is 4.74 Å². The molecular weight excluding hydrogens is 300 g/mol. The summed E-state index contributed by atoms with van der Waals surface area (Å²) in [4.78, 5) is 17.2. The molecule has 1 saturated heterocycles. The van der Waals surface area contributed by atoms with Gasteiger partial charge in [-0.05, 0) is 37.0 Å². The Morgan fingerprint density at radius 3 is 2.33 bits per heavy atom. The SMILES string of the molecule is COc1ccc(CCN2CCN(C(=O)C3CCCCC3)CC2)cc1. The molecule has 1 amide bonds. The van der Waals surface area contributed by atoms with Crippen molar-refractivity contribution in [1.82, 2.24) is 9.80 Å². The van der Waals surface area contributed by atoms with Crippen LogP contribution < -0.4 is 4.74 Å². The molecule has 4 heteroatoms. The molecule has 1 aliphatic heterocycles. The van der Waals surface area contributed by atoms with Gasteiger partial charge in [0.05, 0.1) is 7.11 Å². The number of ether oxygens (including phenoxy) is 1. The van der Waals surface area contributed by atoms with Gasteiger partial charge in [0.15, 0.2) is 0 Å². The Morgan fingerprint density at radius 2 is 1.71 bits per heavy atom. The van der Waals surface area contributed by atoms with Gasteiger partial charge in [-0.2, -0.15) is 0 Å². The molecule has 0 N–H and O–H groups in total. The fourth-order valence-corrected chi connectivity index (χ4v) is 3.88. The second kappa shape index (κ2) is 8.52. The van der Waals surface area contributed by atoms with Crippen molar-refractivity contribution >= 4 is 5.91 Å². The predicted molar refractivity (Wildman–Crippen MR) is 96.3 cm³/mol. The number of hydrogen-bond acceptors (Lipinski definition) is 3. The first kappa shape index (κ1) is 17.3. The van der Waals surface area contributed by atoms with Crippen molar-refractivity contribution in [3.8, 4) is 5.75 Å². The first-order valence-corrected chi connectivity index (χ1v) is 9.40. The van der Waals surface area contributed by atoms with E-state index in [0.717, 1.165) is 57.7 Å². The molecule has 0 spiro atoms. The molecule has 132 valence electrons. The van der Waals surface area contributed by atoms with E-state index in [2.05, 4.69) is 21.9 Å². The smallest absolute Gasteiger partial charge is 0.225 e. The van der Waals surface area contributed by atoms with Crippen LogP contribution in [0.5, 0.6) is 5.75 Å². The fraction of sp³-hybridized carbons (Fsp3) is 0.650. The minimum Gasteiger partial charge on any atom is -0.497 e. The van der Waals surface area contributed by atoms with E-state index >= 15 is 0 Å². The van der Waals surface area contributed by atoms with E-state index in [1.807, 2.05) is 12.1 Å². The molecule has 1 aromatic carbocycles. The zero-order chi connectivity index (χ0) is 16.8. The van der Waals surface area contributed by atoms with Crippen LogP contribution in [0.15, 0.2) is 24.3 Å². The summed E-state index contributed by atoms with van der Waals surface area (Å²) in [5.41, 5.74) is 1.34. The Kier molecular flexibility index (Phi) is 6.13. The maximum absolute atomic E-state index is 12.6. The number of rotatable bonds is 5. The van der Waals surface area contributed by atoms with Gasteiger partial charge in [0.1, 0.15) is 5.75 Å². The number of benzene rings is 1. The van der Waals surface area contributed by atoms with Crippen LogP contribution in [0, 0.1) is 5.92 Å². The van der Waals surface area contributed by atoms with Crippen molar-refractivity contribution in [3.05, 3.63) is 29.8 Å². The quantitative estimate of drug-likeness (QED) is 0.832. The highest BCUT2D eigenvalue weighted by molar-refractivity contribution is 5.79. The molecule has 3 rings (SSSR count). The molecule has 2 fully saturated rings. The molecule has 24 heavy (non-hydrogen) atoms. The summed E-state index contributed by atoms with van der Waals surface area (Å²) in [5, 5.41) is 0. The molecule has 1 heterocycles. The lowest BCUT2D eigenvalue weighted by Crippen LogP contribution is -2.50. The largest absolute Gasteiger partial charge is 0.497 e. The van der Waals surface area contributed by atoms with Crippen molar-refractivity contribution in [3.63, 3.8) is 0 Å². The highest BCUT2D eigenvalue weighted by Gasteiger charge is 2.28. The van der Waals surface area contributed by atoms with E-state index in [1.165, 1.54) is 24.8 Å². The average molecular weight is 330 g/mol. The summed E-state index contributed by atoms with van der Waals surface area (Å²) in [6.07, 6.45) is 7.05. The topological polar surface area (TPSA) is 32.8 Å². The molecule has 0 radical (unpaired) electrons. The normalized spacial score (nSPS) is 20.1. The molecule has 1 aromatic rings. The molecular formula is C20H30N2O2. The molecule has 4 nitrogen and oxygen atoms in total. The van der Waals surface area contributed by atoms with Crippen molar-refractivity contribution < 1.29 is 9.53 Å². The van der Waals surface area contributed by atoms with E-state index in [9.17, 15) is 4.79 Å². The Labute approximate surface area is 145 Å². The Bertz CT molecular complexity index is 515. The number of amides is 1. The molecule has 0 atom stereocenters. The number of nitrogens with zero attached hydrogens (tertiary/aromatic N) is 2. The van der Waals surface area contributed by atoms with Crippen molar-refractivity contribution in [2.75, 3.05) is 39.8 Å². The van der Waals surface area contributed by atoms with Gasteiger partial charge >= 0.3 is 0 Å². The zero-order valence-corrected chi connectivity index (χ0v) is 14.9. The van der Waals surface area contributed by atoms with Crippen molar-refractivity contribution in [2.24, 2.45) is 5.92 Å². The average Bonchev–Trinajstić information content (AvgIpc) is 2.67. The summed E-state index contributed by atoms with van der Waals surface area (Å²) in [7, 11) is 1.70. The maximum atomic E-state index is 12.6. The summed E-state index contributed by atoms with van der Waals surface area (Å²) in [5.74, 6) is 1.64. The second-order valence-electron chi connectivity index (χ2n) is 7.10.